The SMILES string of the molecule is Cc1ccccc1S(Cl)(c1ccccc1)c1ccccc1. The second-order valence-electron chi connectivity index (χ2n) is 4.93. The third-order valence-corrected chi connectivity index (χ3v) is 8.01. The van der Waals surface area contributed by atoms with Crippen LogP contribution in [-0.4, -0.2) is 0 Å². The van der Waals surface area contributed by atoms with Crippen molar-refractivity contribution < 1.29 is 0 Å². The van der Waals surface area contributed by atoms with Crippen molar-refractivity contribution in [1.29, 1.82) is 0 Å². The molecule has 0 saturated heterocycles. The van der Waals surface area contributed by atoms with Gasteiger partial charge < -0.3 is 0 Å². The number of rotatable bonds is 3. The van der Waals surface area contributed by atoms with Crippen LogP contribution in [0.3, 0.4) is 0 Å². The van der Waals surface area contributed by atoms with E-state index in [2.05, 4.69) is 79.7 Å². The predicted octanol–water partition coefficient (Wildman–Crippen LogP) is 6.43. The quantitative estimate of drug-likeness (QED) is 0.522. The molecule has 0 fully saturated rings. The minimum atomic E-state index is -1.73. The Hall–Kier alpha value is -1.70. The van der Waals surface area contributed by atoms with Gasteiger partial charge in [0, 0.05) is 14.7 Å². The van der Waals surface area contributed by atoms with Gasteiger partial charge in [0.1, 0.15) is 0 Å². The summed E-state index contributed by atoms with van der Waals surface area (Å²) in [6, 6.07) is 29.2. The Morgan fingerprint density at radius 1 is 0.619 bits per heavy atom. The average molecular weight is 313 g/mol. The lowest BCUT2D eigenvalue weighted by molar-refractivity contribution is 1.25. The third-order valence-electron chi connectivity index (χ3n) is 3.53. The van der Waals surface area contributed by atoms with Crippen molar-refractivity contribution in [2.24, 2.45) is 0 Å². The van der Waals surface area contributed by atoms with Crippen LogP contribution >= 0.6 is 19.9 Å². The molecule has 0 radical (unpaired) electrons. The van der Waals surface area contributed by atoms with Gasteiger partial charge in [0.2, 0.25) is 0 Å². The van der Waals surface area contributed by atoms with E-state index in [1.54, 1.807) is 0 Å². The smallest absolute Gasteiger partial charge is 0.0146 e. The molecule has 0 atom stereocenters. The van der Waals surface area contributed by atoms with Crippen LogP contribution in [0.2, 0.25) is 0 Å². The first-order valence-corrected chi connectivity index (χ1v) is 9.37. The first-order valence-electron chi connectivity index (χ1n) is 6.92. The standard InChI is InChI=1S/C19H17ClS/c1-16-10-8-9-15-19(16)21(20,17-11-4-2-5-12-17)18-13-6-3-7-14-18/h2-15H,1H3. The van der Waals surface area contributed by atoms with Crippen LogP contribution in [0.4, 0.5) is 0 Å². The van der Waals surface area contributed by atoms with Gasteiger partial charge in [-0.3, -0.25) is 0 Å². The van der Waals surface area contributed by atoms with Crippen molar-refractivity contribution in [3.05, 3.63) is 90.5 Å². The first-order chi connectivity index (χ1) is 10.2. The summed E-state index contributed by atoms with van der Waals surface area (Å²) in [6.07, 6.45) is 0. The fraction of sp³-hybridized carbons (Fsp3) is 0.0526. The Balaban J connectivity index is 2.29. The Kier molecular flexibility index (Phi) is 4.05. The maximum absolute atomic E-state index is 7.30. The zero-order chi connectivity index (χ0) is 14.7. The summed E-state index contributed by atoms with van der Waals surface area (Å²) >= 11 is 0. The molecule has 0 amide bonds. The normalized spacial score (nSPS) is 12.1. The van der Waals surface area contributed by atoms with Crippen LogP contribution in [-0.2, 0) is 0 Å². The van der Waals surface area contributed by atoms with Gasteiger partial charge in [0.15, 0.2) is 0 Å². The van der Waals surface area contributed by atoms with Gasteiger partial charge in [0.05, 0.1) is 0 Å². The van der Waals surface area contributed by atoms with Gasteiger partial charge in [-0.15, -0.1) is 0 Å². The lowest BCUT2D eigenvalue weighted by atomic mass is 10.2. The molecule has 0 spiro atoms. The van der Waals surface area contributed by atoms with Gasteiger partial charge in [-0.25, -0.2) is 0 Å². The van der Waals surface area contributed by atoms with Crippen LogP contribution in [0.15, 0.2) is 99.6 Å². The second-order valence-corrected chi connectivity index (χ2v) is 8.78. The number of hydrogen-bond acceptors (Lipinski definition) is 0. The van der Waals surface area contributed by atoms with Crippen LogP contribution in [0.25, 0.3) is 0 Å². The Bertz CT molecular complexity index is 683. The number of halogens is 1. The van der Waals surface area contributed by atoms with Crippen LogP contribution < -0.4 is 0 Å². The third kappa shape index (κ3) is 2.59. The lowest BCUT2D eigenvalue weighted by Gasteiger charge is -2.35. The van der Waals surface area contributed by atoms with E-state index in [4.69, 9.17) is 10.7 Å². The molecule has 0 N–H and O–H groups in total. The topological polar surface area (TPSA) is 0 Å². The average Bonchev–Trinajstić information content (AvgIpc) is 2.56. The zero-order valence-corrected chi connectivity index (χ0v) is 13.4. The molecule has 0 heterocycles. The molecule has 2 heteroatoms. The molecule has 0 aliphatic heterocycles. The van der Waals surface area contributed by atoms with E-state index < -0.39 is 9.24 Å². The van der Waals surface area contributed by atoms with Crippen molar-refractivity contribution in [2.45, 2.75) is 21.6 Å². The van der Waals surface area contributed by atoms with E-state index in [-0.39, 0.29) is 0 Å². The number of hydrogen-bond donors (Lipinski definition) is 0. The highest BCUT2D eigenvalue weighted by Gasteiger charge is 2.29. The molecule has 3 rings (SSSR count). The van der Waals surface area contributed by atoms with E-state index in [1.165, 1.54) is 20.2 Å². The molecule has 0 unspecified atom stereocenters. The van der Waals surface area contributed by atoms with Crippen molar-refractivity contribution >= 4 is 19.9 Å². The van der Waals surface area contributed by atoms with E-state index >= 15 is 0 Å². The van der Waals surface area contributed by atoms with Gasteiger partial charge in [0.25, 0.3) is 0 Å². The van der Waals surface area contributed by atoms with Gasteiger partial charge in [-0.1, -0.05) is 74.5 Å². The van der Waals surface area contributed by atoms with Crippen LogP contribution in [0.5, 0.6) is 0 Å². The highest BCUT2D eigenvalue weighted by molar-refractivity contribution is 8.51. The molecule has 21 heavy (non-hydrogen) atoms. The predicted molar refractivity (Wildman–Crippen MR) is 92.3 cm³/mol. The molecule has 106 valence electrons. The van der Waals surface area contributed by atoms with E-state index in [0.717, 1.165) is 0 Å². The summed E-state index contributed by atoms with van der Waals surface area (Å²) in [5.74, 6) is 0. The minimum Gasteiger partial charge on any atom is -0.0807 e. The summed E-state index contributed by atoms with van der Waals surface area (Å²) in [6.45, 7) is 2.13. The molecule has 0 nitrogen and oxygen atoms in total. The van der Waals surface area contributed by atoms with Crippen LogP contribution in [0.1, 0.15) is 5.56 Å². The molecule has 3 aromatic carbocycles. The number of aryl methyl sites for hydroxylation is 1. The van der Waals surface area contributed by atoms with E-state index in [1.807, 2.05) is 12.1 Å². The molecule has 0 aliphatic carbocycles. The summed E-state index contributed by atoms with van der Waals surface area (Å²) < 4.78 is 0. The summed E-state index contributed by atoms with van der Waals surface area (Å²) in [5.41, 5.74) is 1.23. The molecular formula is C19H17ClS. The monoisotopic (exact) mass is 312 g/mol. The Labute approximate surface area is 132 Å². The molecule has 3 aromatic rings. The highest BCUT2D eigenvalue weighted by atomic mass is 35.7. The van der Waals surface area contributed by atoms with Gasteiger partial charge in [-0.05, 0) is 42.8 Å². The van der Waals surface area contributed by atoms with Crippen molar-refractivity contribution in [3.63, 3.8) is 0 Å². The fourth-order valence-corrected chi connectivity index (χ4v) is 6.24. The second kappa shape index (κ2) is 5.97. The molecular weight excluding hydrogens is 296 g/mol. The lowest BCUT2D eigenvalue weighted by Crippen LogP contribution is -1.98. The van der Waals surface area contributed by atoms with E-state index in [9.17, 15) is 0 Å². The van der Waals surface area contributed by atoms with Gasteiger partial charge in [-0.2, -0.15) is 0 Å². The number of benzene rings is 3. The maximum atomic E-state index is 7.30. The Morgan fingerprint density at radius 3 is 1.52 bits per heavy atom. The first kappa shape index (κ1) is 14.2. The summed E-state index contributed by atoms with van der Waals surface area (Å²) in [7, 11) is 5.57. The molecule has 0 bridgehead atoms. The minimum absolute atomic E-state index is 1.17. The summed E-state index contributed by atoms with van der Waals surface area (Å²) in [4.78, 5) is 3.56. The van der Waals surface area contributed by atoms with Crippen molar-refractivity contribution in [2.75, 3.05) is 0 Å². The molecule has 0 aliphatic rings. The van der Waals surface area contributed by atoms with Gasteiger partial charge >= 0.3 is 0 Å². The highest BCUT2D eigenvalue weighted by Crippen LogP contribution is 2.72. The summed E-state index contributed by atoms with van der Waals surface area (Å²) in [5, 5.41) is 0. The van der Waals surface area contributed by atoms with Crippen LogP contribution in [0, 0.1) is 6.92 Å². The fourth-order valence-electron chi connectivity index (χ4n) is 2.48. The van der Waals surface area contributed by atoms with E-state index in [0.29, 0.717) is 0 Å². The maximum Gasteiger partial charge on any atom is 0.0146 e. The Morgan fingerprint density at radius 2 is 1.05 bits per heavy atom. The zero-order valence-electron chi connectivity index (χ0n) is 11.9. The molecule has 0 aromatic heterocycles. The largest absolute Gasteiger partial charge is 0.0807 e. The van der Waals surface area contributed by atoms with Crippen molar-refractivity contribution in [3.8, 4) is 0 Å². The van der Waals surface area contributed by atoms with Crippen molar-refractivity contribution in [1.82, 2.24) is 0 Å². The molecule has 0 saturated carbocycles.